The van der Waals surface area contributed by atoms with Crippen LogP contribution in [0.4, 0.5) is 0 Å². The van der Waals surface area contributed by atoms with Crippen LogP contribution in [0.1, 0.15) is 26.2 Å². The van der Waals surface area contributed by atoms with E-state index in [9.17, 15) is 4.79 Å². The summed E-state index contributed by atoms with van der Waals surface area (Å²) in [5, 5.41) is 17.1. The standard InChI is InChI=1S/C8H14O3/c1-2-3-4-5-6-7(9)8(10)11/h2-3,7,9H,4-6H2,1H3,(H,10,11)/b3-2+. The molecule has 0 fully saturated rings. The SMILES string of the molecule is C/C=C/CCCC(O)C(=O)O. The molecule has 0 rings (SSSR count). The van der Waals surface area contributed by atoms with Gasteiger partial charge in [0, 0.05) is 0 Å². The predicted molar refractivity (Wildman–Crippen MR) is 42.3 cm³/mol. The number of aliphatic hydroxyl groups excluding tert-OH is 1. The Morgan fingerprint density at radius 1 is 1.64 bits per heavy atom. The minimum Gasteiger partial charge on any atom is -0.479 e. The van der Waals surface area contributed by atoms with Crippen molar-refractivity contribution in [1.82, 2.24) is 0 Å². The first-order valence-electron chi connectivity index (χ1n) is 3.70. The van der Waals surface area contributed by atoms with E-state index in [1.807, 2.05) is 19.1 Å². The quantitative estimate of drug-likeness (QED) is 0.466. The third-order valence-corrected chi connectivity index (χ3v) is 1.37. The number of hydrogen-bond donors (Lipinski definition) is 2. The molecule has 3 nitrogen and oxygen atoms in total. The lowest BCUT2D eigenvalue weighted by Crippen LogP contribution is -2.18. The average molecular weight is 158 g/mol. The smallest absolute Gasteiger partial charge is 0.332 e. The topological polar surface area (TPSA) is 57.5 Å². The Balaban J connectivity index is 3.31. The molecule has 0 spiro atoms. The van der Waals surface area contributed by atoms with Crippen LogP contribution in [-0.2, 0) is 4.79 Å². The second-order valence-electron chi connectivity index (χ2n) is 2.35. The number of carboxylic acid groups (broad SMARTS) is 1. The van der Waals surface area contributed by atoms with Gasteiger partial charge in [0.25, 0.3) is 0 Å². The second kappa shape index (κ2) is 5.92. The van der Waals surface area contributed by atoms with Crippen LogP contribution in [0.3, 0.4) is 0 Å². The fourth-order valence-electron chi connectivity index (χ4n) is 0.719. The number of carbonyl (C=O) groups is 1. The van der Waals surface area contributed by atoms with Crippen molar-refractivity contribution in [3.05, 3.63) is 12.2 Å². The Bertz CT molecular complexity index is 140. The van der Waals surface area contributed by atoms with Gasteiger partial charge in [-0.15, -0.1) is 0 Å². The van der Waals surface area contributed by atoms with Gasteiger partial charge < -0.3 is 10.2 Å². The lowest BCUT2D eigenvalue weighted by molar-refractivity contribution is -0.146. The minimum atomic E-state index is -1.19. The first-order valence-corrected chi connectivity index (χ1v) is 3.70. The van der Waals surface area contributed by atoms with Gasteiger partial charge in [-0.25, -0.2) is 4.79 Å². The molecule has 3 heteroatoms. The van der Waals surface area contributed by atoms with E-state index in [1.54, 1.807) is 0 Å². The van der Waals surface area contributed by atoms with Crippen molar-refractivity contribution in [1.29, 1.82) is 0 Å². The summed E-state index contributed by atoms with van der Waals surface area (Å²) in [6.07, 6.45) is 4.56. The molecule has 1 unspecified atom stereocenters. The van der Waals surface area contributed by atoms with Gasteiger partial charge in [0.1, 0.15) is 0 Å². The van der Waals surface area contributed by atoms with E-state index >= 15 is 0 Å². The fourth-order valence-corrected chi connectivity index (χ4v) is 0.719. The average Bonchev–Trinajstić information content (AvgIpc) is 1.97. The van der Waals surface area contributed by atoms with Crippen LogP contribution in [0.5, 0.6) is 0 Å². The van der Waals surface area contributed by atoms with Crippen LogP contribution in [0.25, 0.3) is 0 Å². The zero-order valence-corrected chi connectivity index (χ0v) is 6.66. The predicted octanol–water partition coefficient (Wildman–Crippen LogP) is 1.18. The minimum absolute atomic E-state index is 0.333. The number of aliphatic carboxylic acids is 1. The molecule has 0 aliphatic carbocycles. The van der Waals surface area contributed by atoms with Crippen LogP contribution < -0.4 is 0 Å². The number of carboxylic acids is 1. The highest BCUT2D eigenvalue weighted by atomic mass is 16.4. The molecule has 64 valence electrons. The molecule has 0 heterocycles. The first-order chi connectivity index (χ1) is 5.18. The van der Waals surface area contributed by atoms with Gasteiger partial charge in [-0.2, -0.15) is 0 Å². The molecule has 0 aromatic heterocycles. The van der Waals surface area contributed by atoms with Gasteiger partial charge in [0.05, 0.1) is 0 Å². The summed E-state index contributed by atoms with van der Waals surface area (Å²) >= 11 is 0. The molecule has 0 aromatic carbocycles. The number of unbranched alkanes of at least 4 members (excludes halogenated alkanes) is 1. The molecule has 0 amide bonds. The van der Waals surface area contributed by atoms with Gasteiger partial charge in [-0.3, -0.25) is 0 Å². The van der Waals surface area contributed by atoms with Crippen molar-refractivity contribution in [3.63, 3.8) is 0 Å². The molecule has 0 saturated carbocycles. The largest absolute Gasteiger partial charge is 0.479 e. The summed E-state index contributed by atoms with van der Waals surface area (Å²) in [5.41, 5.74) is 0. The Hall–Kier alpha value is -0.830. The molecule has 0 bridgehead atoms. The molecule has 1 atom stereocenters. The Morgan fingerprint density at radius 2 is 2.27 bits per heavy atom. The van der Waals surface area contributed by atoms with Crippen molar-refractivity contribution in [2.45, 2.75) is 32.3 Å². The molecule has 2 N–H and O–H groups in total. The van der Waals surface area contributed by atoms with Crippen molar-refractivity contribution < 1.29 is 15.0 Å². The maximum absolute atomic E-state index is 10.1. The third-order valence-electron chi connectivity index (χ3n) is 1.37. The number of allylic oxidation sites excluding steroid dienone is 2. The van der Waals surface area contributed by atoms with Crippen LogP contribution in [-0.4, -0.2) is 22.3 Å². The molecule has 11 heavy (non-hydrogen) atoms. The van der Waals surface area contributed by atoms with Gasteiger partial charge in [-0.05, 0) is 26.2 Å². The van der Waals surface area contributed by atoms with Crippen LogP contribution >= 0.6 is 0 Å². The molecule has 0 aromatic rings. The van der Waals surface area contributed by atoms with Crippen molar-refractivity contribution in [2.24, 2.45) is 0 Å². The molecule has 0 aliphatic rings. The molecular weight excluding hydrogens is 144 g/mol. The van der Waals surface area contributed by atoms with E-state index in [0.29, 0.717) is 6.42 Å². The second-order valence-corrected chi connectivity index (χ2v) is 2.35. The van der Waals surface area contributed by atoms with Gasteiger partial charge in [0.15, 0.2) is 6.10 Å². The third kappa shape index (κ3) is 5.61. The summed E-state index contributed by atoms with van der Waals surface area (Å²) in [4.78, 5) is 10.1. The lowest BCUT2D eigenvalue weighted by atomic mass is 10.1. The van der Waals surface area contributed by atoms with Crippen molar-refractivity contribution in [3.8, 4) is 0 Å². The number of hydrogen-bond acceptors (Lipinski definition) is 2. The molecule has 0 radical (unpaired) electrons. The highest BCUT2D eigenvalue weighted by Gasteiger charge is 2.10. The van der Waals surface area contributed by atoms with Crippen molar-refractivity contribution >= 4 is 5.97 Å². The normalized spacial score (nSPS) is 13.6. The van der Waals surface area contributed by atoms with Gasteiger partial charge in [-0.1, -0.05) is 12.2 Å². The first kappa shape index (κ1) is 10.2. The van der Waals surface area contributed by atoms with Crippen molar-refractivity contribution in [2.75, 3.05) is 0 Å². The van der Waals surface area contributed by atoms with E-state index in [1.165, 1.54) is 0 Å². The lowest BCUT2D eigenvalue weighted by Gasteiger charge is -2.01. The van der Waals surface area contributed by atoms with Crippen LogP contribution in [0.15, 0.2) is 12.2 Å². The number of aliphatic hydroxyl groups is 1. The molecule has 0 saturated heterocycles. The van der Waals surface area contributed by atoms with E-state index in [0.717, 1.165) is 12.8 Å². The zero-order valence-electron chi connectivity index (χ0n) is 6.66. The highest BCUT2D eigenvalue weighted by Crippen LogP contribution is 2.01. The zero-order chi connectivity index (χ0) is 8.69. The monoisotopic (exact) mass is 158 g/mol. The molecular formula is C8H14O3. The molecule has 0 aliphatic heterocycles. The highest BCUT2D eigenvalue weighted by molar-refractivity contribution is 5.71. The maximum Gasteiger partial charge on any atom is 0.332 e. The summed E-state index contributed by atoms with van der Waals surface area (Å²) in [6.45, 7) is 1.91. The summed E-state index contributed by atoms with van der Waals surface area (Å²) in [7, 11) is 0. The summed E-state index contributed by atoms with van der Waals surface area (Å²) in [6, 6.07) is 0. The van der Waals surface area contributed by atoms with Gasteiger partial charge >= 0.3 is 5.97 Å². The Morgan fingerprint density at radius 3 is 2.73 bits per heavy atom. The van der Waals surface area contributed by atoms with Crippen LogP contribution in [0, 0.1) is 0 Å². The van der Waals surface area contributed by atoms with E-state index in [2.05, 4.69) is 0 Å². The Kier molecular flexibility index (Phi) is 5.47. The van der Waals surface area contributed by atoms with Gasteiger partial charge in [0.2, 0.25) is 0 Å². The van der Waals surface area contributed by atoms with E-state index in [-0.39, 0.29) is 0 Å². The van der Waals surface area contributed by atoms with Crippen LogP contribution in [0.2, 0.25) is 0 Å². The maximum atomic E-state index is 10.1. The summed E-state index contributed by atoms with van der Waals surface area (Å²) < 4.78 is 0. The Labute approximate surface area is 66.4 Å². The number of rotatable bonds is 5. The summed E-state index contributed by atoms with van der Waals surface area (Å²) in [5.74, 6) is -1.13. The fraction of sp³-hybridized carbons (Fsp3) is 0.625. The van der Waals surface area contributed by atoms with E-state index < -0.39 is 12.1 Å². The van der Waals surface area contributed by atoms with E-state index in [4.69, 9.17) is 10.2 Å².